The first-order chi connectivity index (χ1) is 11.7. The Labute approximate surface area is 151 Å². The van der Waals surface area contributed by atoms with Crippen LogP contribution in [0.5, 0.6) is 0 Å². The molecule has 6 nitrogen and oxygen atoms in total. The van der Waals surface area contributed by atoms with Crippen LogP contribution in [-0.2, 0) is 11.2 Å². The van der Waals surface area contributed by atoms with Crippen LogP contribution in [0, 0.1) is 6.92 Å². The van der Waals surface area contributed by atoms with Gasteiger partial charge >= 0.3 is 0 Å². The number of amides is 1. The highest BCUT2D eigenvalue weighted by Gasteiger charge is 2.08. The van der Waals surface area contributed by atoms with E-state index in [-0.39, 0.29) is 5.91 Å². The average Bonchev–Trinajstić information content (AvgIpc) is 3.23. The number of hydrogen-bond donors (Lipinski definition) is 1. The summed E-state index contributed by atoms with van der Waals surface area (Å²) in [6.45, 7) is 2.47. The third-order valence-electron chi connectivity index (χ3n) is 3.00. The first-order valence-electron chi connectivity index (χ1n) is 7.25. The molecule has 0 saturated heterocycles. The van der Waals surface area contributed by atoms with Gasteiger partial charge in [0.2, 0.25) is 5.91 Å². The fourth-order valence-corrected chi connectivity index (χ4v) is 4.38. The van der Waals surface area contributed by atoms with E-state index in [1.54, 1.807) is 23.7 Å². The summed E-state index contributed by atoms with van der Waals surface area (Å²) in [7, 11) is 0. The molecule has 1 N–H and O–H groups in total. The molecule has 3 aromatic heterocycles. The highest BCUT2D eigenvalue weighted by atomic mass is 32.2. The van der Waals surface area contributed by atoms with Crippen molar-refractivity contribution in [1.29, 1.82) is 0 Å². The second kappa shape index (κ2) is 8.32. The van der Waals surface area contributed by atoms with Crippen molar-refractivity contribution in [2.24, 2.45) is 0 Å². The number of aromatic nitrogens is 4. The van der Waals surface area contributed by atoms with Crippen molar-refractivity contribution in [3.63, 3.8) is 0 Å². The molecule has 0 aromatic carbocycles. The maximum Gasteiger partial charge on any atom is 0.230 e. The molecule has 0 atom stereocenters. The quantitative estimate of drug-likeness (QED) is 0.638. The summed E-state index contributed by atoms with van der Waals surface area (Å²) < 4.78 is 0.822. The van der Waals surface area contributed by atoms with Gasteiger partial charge in [-0.2, -0.15) is 0 Å². The molecule has 0 bridgehead atoms. The van der Waals surface area contributed by atoms with Gasteiger partial charge in [0.15, 0.2) is 4.34 Å². The maximum absolute atomic E-state index is 11.8. The van der Waals surface area contributed by atoms with Gasteiger partial charge in [-0.3, -0.25) is 9.78 Å². The van der Waals surface area contributed by atoms with E-state index in [1.807, 2.05) is 24.4 Å². The van der Waals surface area contributed by atoms with E-state index in [1.165, 1.54) is 23.1 Å². The standard InChI is InChI=1S/C15H15N5OS3/c1-10-19-20-15(24-10)23-9-13(21)17-6-4-12-8-22-14(18-12)11-3-2-5-16-7-11/h2-3,5,7-8H,4,6,9H2,1H3,(H,17,21). The molecular weight excluding hydrogens is 362 g/mol. The molecule has 3 heterocycles. The molecule has 0 spiro atoms. The number of thiazole rings is 1. The van der Waals surface area contributed by atoms with Crippen molar-refractivity contribution >= 4 is 40.3 Å². The van der Waals surface area contributed by atoms with Gasteiger partial charge in [-0.05, 0) is 19.1 Å². The number of carbonyl (C=O) groups is 1. The topological polar surface area (TPSA) is 80.7 Å². The Bertz CT molecular complexity index is 802. The average molecular weight is 378 g/mol. The van der Waals surface area contributed by atoms with Gasteiger partial charge in [0.05, 0.1) is 11.4 Å². The predicted molar refractivity (Wildman–Crippen MR) is 97.4 cm³/mol. The van der Waals surface area contributed by atoms with Crippen molar-refractivity contribution in [2.45, 2.75) is 17.7 Å². The minimum atomic E-state index is -0.00411. The van der Waals surface area contributed by atoms with Crippen LogP contribution >= 0.6 is 34.4 Å². The minimum absolute atomic E-state index is 0.00411. The zero-order valence-corrected chi connectivity index (χ0v) is 15.4. The monoisotopic (exact) mass is 377 g/mol. The largest absolute Gasteiger partial charge is 0.355 e. The molecule has 3 aromatic rings. The van der Waals surface area contributed by atoms with Crippen molar-refractivity contribution in [2.75, 3.05) is 12.3 Å². The first kappa shape index (κ1) is 17.0. The van der Waals surface area contributed by atoms with Crippen LogP contribution in [0.1, 0.15) is 10.7 Å². The van der Waals surface area contributed by atoms with Gasteiger partial charge in [-0.15, -0.1) is 21.5 Å². The predicted octanol–water partition coefficient (Wildman–Crippen LogP) is 2.82. The van der Waals surface area contributed by atoms with Gasteiger partial charge in [0.25, 0.3) is 0 Å². The number of carbonyl (C=O) groups excluding carboxylic acids is 1. The lowest BCUT2D eigenvalue weighted by Crippen LogP contribution is -2.27. The van der Waals surface area contributed by atoms with E-state index in [0.717, 1.165) is 25.6 Å². The maximum atomic E-state index is 11.8. The first-order valence-corrected chi connectivity index (χ1v) is 9.93. The zero-order chi connectivity index (χ0) is 16.8. The van der Waals surface area contributed by atoms with E-state index >= 15 is 0 Å². The lowest BCUT2D eigenvalue weighted by molar-refractivity contribution is -0.118. The Morgan fingerprint density at radius 1 is 1.38 bits per heavy atom. The van der Waals surface area contributed by atoms with Gasteiger partial charge in [0.1, 0.15) is 10.0 Å². The highest BCUT2D eigenvalue weighted by molar-refractivity contribution is 8.01. The Kier molecular flexibility index (Phi) is 5.89. The highest BCUT2D eigenvalue weighted by Crippen LogP contribution is 2.23. The summed E-state index contributed by atoms with van der Waals surface area (Å²) in [5.74, 6) is 0.350. The molecule has 3 rings (SSSR count). The summed E-state index contributed by atoms with van der Waals surface area (Å²) >= 11 is 4.50. The van der Waals surface area contributed by atoms with E-state index in [4.69, 9.17) is 0 Å². The molecular formula is C15H15N5OS3. The third kappa shape index (κ3) is 4.83. The van der Waals surface area contributed by atoms with E-state index in [2.05, 4.69) is 25.5 Å². The minimum Gasteiger partial charge on any atom is -0.355 e. The fraction of sp³-hybridized carbons (Fsp3) is 0.267. The van der Waals surface area contributed by atoms with Crippen LogP contribution < -0.4 is 5.32 Å². The second-order valence-corrected chi connectivity index (χ2v) is 8.12. The molecule has 24 heavy (non-hydrogen) atoms. The van der Waals surface area contributed by atoms with Crippen molar-refractivity contribution < 1.29 is 4.79 Å². The SMILES string of the molecule is Cc1nnc(SCC(=O)NCCc2csc(-c3cccnc3)n2)s1. The van der Waals surface area contributed by atoms with Crippen LogP contribution in [0.2, 0.25) is 0 Å². The summed E-state index contributed by atoms with van der Waals surface area (Å²) in [6.07, 6.45) is 4.26. The Morgan fingerprint density at radius 2 is 2.29 bits per heavy atom. The second-order valence-electron chi connectivity index (χ2n) is 4.86. The van der Waals surface area contributed by atoms with E-state index in [0.29, 0.717) is 18.7 Å². The number of pyridine rings is 1. The smallest absolute Gasteiger partial charge is 0.230 e. The molecule has 0 fully saturated rings. The van der Waals surface area contributed by atoms with Crippen molar-refractivity contribution in [3.05, 3.63) is 40.6 Å². The third-order valence-corrected chi connectivity index (χ3v) is 5.91. The lowest BCUT2D eigenvalue weighted by Gasteiger charge is -2.02. The molecule has 124 valence electrons. The van der Waals surface area contributed by atoms with Crippen molar-refractivity contribution in [3.8, 4) is 10.6 Å². The number of aryl methyl sites for hydroxylation is 1. The Balaban J connectivity index is 1.41. The van der Waals surface area contributed by atoms with E-state index < -0.39 is 0 Å². The Hall–Kier alpha value is -1.84. The number of thioether (sulfide) groups is 1. The molecule has 0 unspecified atom stereocenters. The van der Waals surface area contributed by atoms with Gasteiger partial charge < -0.3 is 5.32 Å². The van der Waals surface area contributed by atoms with Gasteiger partial charge in [-0.25, -0.2) is 4.98 Å². The van der Waals surface area contributed by atoms with Crippen molar-refractivity contribution in [1.82, 2.24) is 25.5 Å². The number of nitrogens with zero attached hydrogens (tertiary/aromatic N) is 4. The lowest BCUT2D eigenvalue weighted by atomic mass is 10.3. The molecule has 0 radical (unpaired) electrons. The zero-order valence-electron chi connectivity index (χ0n) is 12.9. The number of rotatable bonds is 7. The van der Waals surface area contributed by atoms with Crippen LogP contribution in [0.4, 0.5) is 0 Å². The summed E-state index contributed by atoms with van der Waals surface area (Å²) in [5, 5.41) is 14.7. The molecule has 1 amide bonds. The van der Waals surface area contributed by atoms with E-state index in [9.17, 15) is 4.79 Å². The molecule has 0 aliphatic rings. The summed E-state index contributed by atoms with van der Waals surface area (Å²) in [6, 6.07) is 3.89. The molecule has 0 saturated carbocycles. The number of nitrogens with one attached hydrogen (secondary N) is 1. The van der Waals surface area contributed by atoms with Crippen LogP contribution in [0.25, 0.3) is 10.6 Å². The van der Waals surface area contributed by atoms with Gasteiger partial charge in [-0.1, -0.05) is 23.1 Å². The molecule has 0 aliphatic heterocycles. The Morgan fingerprint density at radius 3 is 3.04 bits per heavy atom. The summed E-state index contributed by atoms with van der Waals surface area (Å²) in [4.78, 5) is 20.5. The van der Waals surface area contributed by atoms with Crippen LogP contribution in [0.3, 0.4) is 0 Å². The molecule has 9 heteroatoms. The van der Waals surface area contributed by atoms with Gasteiger partial charge in [0, 0.05) is 36.3 Å². The normalized spacial score (nSPS) is 10.7. The fourth-order valence-electron chi connectivity index (χ4n) is 1.89. The summed E-state index contributed by atoms with van der Waals surface area (Å²) in [5.41, 5.74) is 1.99. The van der Waals surface area contributed by atoms with Crippen LogP contribution in [0.15, 0.2) is 34.2 Å². The number of hydrogen-bond acceptors (Lipinski definition) is 8. The van der Waals surface area contributed by atoms with Crippen LogP contribution in [-0.4, -0.2) is 38.4 Å². The molecule has 0 aliphatic carbocycles.